The predicted octanol–water partition coefficient (Wildman–Crippen LogP) is 5.56. The molecule has 0 bridgehead atoms. The number of benzene rings is 3. The molecule has 0 saturated carbocycles. The van der Waals surface area contributed by atoms with E-state index in [0.29, 0.717) is 62.4 Å². The van der Waals surface area contributed by atoms with Crippen LogP contribution < -0.4 is 10.5 Å². The van der Waals surface area contributed by atoms with Gasteiger partial charge in [0, 0.05) is 24.0 Å². The minimum atomic E-state index is -1.52. The summed E-state index contributed by atoms with van der Waals surface area (Å²) in [5, 5.41) is 14.0. The quantitative estimate of drug-likeness (QED) is 0.294. The van der Waals surface area contributed by atoms with Gasteiger partial charge in [-0.2, -0.15) is 0 Å². The lowest BCUT2D eigenvalue weighted by molar-refractivity contribution is 0.117. The molecule has 0 aliphatic carbocycles. The summed E-state index contributed by atoms with van der Waals surface area (Å²) in [7, 11) is 1.84. The fourth-order valence-corrected chi connectivity index (χ4v) is 4.87. The standard InChI is InChI=1S/C28H24Cl2N4O2/c1-34-17-32-16-24(34)28(35,19-7-10-21(29)11-8-19)20-9-12-23-22(15-20)26(30)25(18-5-3-2-4-6-18)27(33-23)36-14-13-31/h2-12,15-17,35H,13-14,31H2,1H3. The number of imidazole rings is 1. The molecule has 3 aromatic carbocycles. The van der Waals surface area contributed by atoms with Gasteiger partial charge in [-0.25, -0.2) is 9.97 Å². The van der Waals surface area contributed by atoms with E-state index < -0.39 is 5.60 Å². The Balaban J connectivity index is 1.76. The second-order valence-corrected chi connectivity index (χ2v) is 9.26. The van der Waals surface area contributed by atoms with Crippen LogP contribution in [-0.2, 0) is 12.6 Å². The third-order valence-corrected chi connectivity index (χ3v) is 6.82. The summed E-state index contributed by atoms with van der Waals surface area (Å²) >= 11 is 13.2. The summed E-state index contributed by atoms with van der Waals surface area (Å²) < 4.78 is 7.68. The van der Waals surface area contributed by atoms with Crippen molar-refractivity contribution in [2.45, 2.75) is 5.60 Å². The first-order chi connectivity index (χ1) is 17.4. The topological polar surface area (TPSA) is 86.2 Å². The van der Waals surface area contributed by atoms with Crippen molar-refractivity contribution in [2.75, 3.05) is 13.2 Å². The first-order valence-electron chi connectivity index (χ1n) is 11.4. The summed E-state index contributed by atoms with van der Waals surface area (Å²) in [6.07, 6.45) is 3.30. The molecule has 0 radical (unpaired) electrons. The van der Waals surface area contributed by atoms with E-state index in [1.54, 1.807) is 41.4 Å². The first-order valence-corrected chi connectivity index (χ1v) is 12.2. The van der Waals surface area contributed by atoms with Gasteiger partial charge in [0.15, 0.2) is 5.60 Å². The second kappa shape index (κ2) is 9.91. The van der Waals surface area contributed by atoms with E-state index in [0.717, 1.165) is 5.56 Å². The Morgan fingerprint density at radius 1 is 1.00 bits per heavy atom. The number of rotatable bonds is 7. The van der Waals surface area contributed by atoms with Crippen LogP contribution in [0.5, 0.6) is 5.88 Å². The van der Waals surface area contributed by atoms with Crippen LogP contribution >= 0.6 is 23.2 Å². The molecule has 0 saturated heterocycles. The van der Waals surface area contributed by atoms with E-state index in [4.69, 9.17) is 38.7 Å². The Labute approximate surface area is 218 Å². The van der Waals surface area contributed by atoms with Crippen LogP contribution in [0.15, 0.2) is 85.3 Å². The van der Waals surface area contributed by atoms with Crippen LogP contribution in [0, 0.1) is 0 Å². The minimum absolute atomic E-state index is 0.309. The number of hydrogen-bond acceptors (Lipinski definition) is 5. The average Bonchev–Trinajstić information content (AvgIpc) is 3.34. The highest BCUT2D eigenvalue weighted by atomic mass is 35.5. The average molecular weight is 519 g/mol. The van der Waals surface area contributed by atoms with Gasteiger partial charge in [-0.3, -0.25) is 0 Å². The third kappa shape index (κ3) is 4.22. The van der Waals surface area contributed by atoms with Crippen molar-refractivity contribution in [1.29, 1.82) is 0 Å². The molecule has 36 heavy (non-hydrogen) atoms. The first kappa shape index (κ1) is 24.3. The Hall–Kier alpha value is -3.42. The van der Waals surface area contributed by atoms with E-state index in [-0.39, 0.29) is 0 Å². The van der Waals surface area contributed by atoms with Crippen LogP contribution in [0.25, 0.3) is 22.0 Å². The number of pyridine rings is 1. The van der Waals surface area contributed by atoms with E-state index in [9.17, 15) is 5.11 Å². The van der Waals surface area contributed by atoms with Gasteiger partial charge in [-0.05, 0) is 41.0 Å². The van der Waals surface area contributed by atoms with Crippen molar-refractivity contribution in [2.24, 2.45) is 12.8 Å². The Morgan fingerprint density at radius 2 is 1.72 bits per heavy atom. The summed E-state index contributed by atoms with van der Waals surface area (Å²) in [5.74, 6) is 0.413. The normalized spacial score (nSPS) is 13.0. The maximum Gasteiger partial charge on any atom is 0.223 e. The maximum atomic E-state index is 12.3. The fraction of sp³-hybridized carbons (Fsp3) is 0.143. The van der Waals surface area contributed by atoms with Crippen molar-refractivity contribution in [3.05, 3.63) is 112 Å². The van der Waals surface area contributed by atoms with Gasteiger partial charge in [0.2, 0.25) is 5.88 Å². The lowest BCUT2D eigenvalue weighted by atomic mass is 9.83. The molecule has 0 spiro atoms. The summed E-state index contributed by atoms with van der Waals surface area (Å²) in [6, 6.07) is 22.3. The van der Waals surface area contributed by atoms with Crippen LogP contribution in [0.4, 0.5) is 0 Å². The number of aromatic nitrogens is 3. The Bertz CT molecular complexity index is 1520. The zero-order valence-electron chi connectivity index (χ0n) is 19.5. The lowest BCUT2D eigenvalue weighted by Gasteiger charge is -2.30. The van der Waals surface area contributed by atoms with E-state index in [2.05, 4.69) is 4.98 Å². The molecule has 5 aromatic rings. The van der Waals surface area contributed by atoms with Crippen LogP contribution in [0.3, 0.4) is 0 Å². The Morgan fingerprint density at radius 3 is 2.39 bits per heavy atom. The number of hydrogen-bond donors (Lipinski definition) is 2. The molecule has 3 N–H and O–H groups in total. The molecule has 0 fully saturated rings. The molecule has 1 atom stereocenters. The highest BCUT2D eigenvalue weighted by molar-refractivity contribution is 6.38. The number of fused-ring (bicyclic) bond motifs is 1. The summed E-state index contributed by atoms with van der Waals surface area (Å²) in [6.45, 7) is 0.660. The number of nitrogens with two attached hydrogens (primary N) is 1. The molecule has 5 rings (SSSR count). The van der Waals surface area contributed by atoms with Crippen molar-refractivity contribution in [1.82, 2.24) is 14.5 Å². The second-order valence-electron chi connectivity index (χ2n) is 8.45. The minimum Gasteiger partial charge on any atom is -0.476 e. The van der Waals surface area contributed by atoms with Crippen LogP contribution in [0.2, 0.25) is 10.0 Å². The zero-order chi connectivity index (χ0) is 25.3. The predicted molar refractivity (Wildman–Crippen MR) is 143 cm³/mol. The van der Waals surface area contributed by atoms with E-state index in [1.165, 1.54) is 0 Å². The SMILES string of the molecule is Cn1cncc1C(O)(c1ccc(Cl)cc1)c1ccc2nc(OCCN)c(-c3ccccc3)c(Cl)c2c1. The number of halogens is 2. The molecule has 2 heterocycles. The Kier molecular flexibility index (Phi) is 6.69. The highest BCUT2D eigenvalue weighted by Gasteiger charge is 2.37. The van der Waals surface area contributed by atoms with Crippen molar-refractivity contribution < 1.29 is 9.84 Å². The molecule has 1 unspecified atom stereocenters. The molecule has 0 aliphatic rings. The van der Waals surface area contributed by atoms with Gasteiger partial charge in [0.1, 0.15) is 6.61 Å². The zero-order valence-corrected chi connectivity index (χ0v) is 21.0. The monoisotopic (exact) mass is 518 g/mol. The van der Waals surface area contributed by atoms with Crippen molar-refractivity contribution >= 4 is 34.1 Å². The van der Waals surface area contributed by atoms with E-state index >= 15 is 0 Å². The third-order valence-electron chi connectivity index (χ3n) is 6.17. The van der Waals surface area contributed by atoms with E-state index in [1.807, 2.05) is 55.6 Å². The molecule has 0 aliphatic heterocycles. The van der Waals surface area contributed by atoms with Gasteiger partial charge < -0.3 is 20.1 Å². The molecule has 2 aromatic heterocycles. The van der Waals surface area contributed by atoms with Crippen LogP contribution in [-0.4, -0.2) is 32.8 Å². The number of aliphatic hydroxyl groups is 1. The fourth-order valence-electron chi connectivity index (χ4n) is 4.40. The molecule has 6 nitrogen and oxygen atoms in total. The van der Waals surface area contributed by atoms with Gasteiger partial charge in [0.05, 0.1) is 34.3 Å². The van der Waals surface area contributed by atoms with Crippen LogP contribution in [0.1, 0.15) is 16.8 Å². The lowest BCUT2D eigenvalue weighted by Crippen LogP contribution is -2.31. The van der Waals surface area contributed by atoms with Gasteiger partial charge >= 0.3 is 0 Å². The van der Waals surface area contributed by atoms with Gasteiger partial charge in [0.25, 0.3) is 0 Å². The van der Waals surface area contributed by atoms with Crippen molar-refractivity contribution in [3.63, 3.8) is 0 Å². The number of nitrogens with zero attached hydrogens (tertiary/aromatic N) is 3. The number of aryl methyl sites for hydroxylation is 1. The summed E-state index contributed by atoms with van der Waals surface area (Å²) in [4.78, 5) is 9.00. The van der Waals surface area contributed by atoms with Gasteiger partial charge in [-0.1, -0.05) is 71.7 Å². The maximum absolute atomic E-state index is 12.3. The largest absolute Gasteiger partial charge is 0.476 e. The molecule has 0 amide bonds. The van der Waals surface area contributed by atoms with Crippen molar-refractivity contribution in [3.8, 4) is 17.0 Å². The highest BCUT2D eigenvalue weighted by Crippen LogP contribution is 2.43. The molecular weight excluding hydrogens is 495 g/mol. The molecule has 8 heteroatoms. The molecular formula is C28H24Cl2N4O2. The summed E-state index contributed by atoms with van der Waals surface area (Å²) in [5.41, 5.74) is 8.19. The smallest absolute Gasteiger partial charge is 0.223 e. The molecule has 182 valence electrons. The van der Waals surface area contributed by atoms with Gasteiger partial charge in [-0.15, -0.1) is 0 Å². The number of ether oxygens (including phenoxy) is 1.